The van der Waals surface area contributed by atoms with Gasteiger partial charge in [0.1, 0.15) is 5.75 Å². The molecule has 27 heavy (non-hydrogen) atoms. The molecule has 0 radical (unpaired) electrons. The van der Waals surface area contributed by atoms with E-state index in [2.05, 4.69) is 5.32 Å². The van der Waals surface area contributed by atoms with Crippen molar-refractivity contribution in [3.05, 3.63) is 59.7 Å². The molecule has 1 aliphatic heterocycles. The van der Waals surface area contributed by atoms with Gasteiger partial charge in [0.2, 0.25) is 0 Å². The van der Waals surface area contributed by atoms with Crippen molar-refractivity contribution >= 4 is 11.7 Å². The van der Waals surface area contributed by atoms with Crippen LogP contribution < -0.4 is 10.1 Å². The van der Waals surface area contributed by atoms with Crippen LogP contribution in [0.4, 0.5) is 23.7 Å². The minimum absolute atomic E-state index is 0.237. The number of amides is 2. The van der Waals surface area contributed by atoms with Gasteiger partial charge in [0.25, 0.3) is 0 Å². The number of anilines is 1. The quantitative estimate of drug-likeness (QED) is 0.769. The van der Waals surface area contributed by atoms with Gasteiger partial charge in [0, 0.05) is 12.2 Å². The third-order valence-corrected chi connectivity index (χ3v) is 4.73. The second kappa shape index (κ2) is 7.90. The fourth-order valence-electron chi connectivity index (χ4n) is 3.29. The number of carbonyl (C=O) groups is 1. The summed E-state index contributed by atoms with van der Waals surface area (Å²) in [7, 11) is 1.57. The number of carbonyl (C=O) groups excluding carboxylic acids is 1. The summed E-state index contributed by atoms with van der Waals surface area (Å²) in [6.07, 6.45) is -1.84. The predicted octanol–water partition coefficient (Wildman–Crippen LogP) is 5.47. The smallest absolute Gasteiger partial charge is 0.416 e. The number of piperidine rings is 1. The fraction of sp³-hybridized carbons (Fsp3) is 0.350. The first kappa shape index (κ1) is 19.1. The van der Waals surface area contributed by atoms with E-state index < -0.39 is 11.7 Å². The van der Waals surface area contributed by atoms with Crippen LogP contribution in [0.1, 0.15) is 36.4 Å². The van der Waals surface area contributed by atoms with Crippen LogP contribution in [0, 0.1) is 0 Å². The van der Waals surface area contributed by atoms with Crippen LogP contribution in [-0.4, -0.2) is 24.6 Å². The third kappa shape index (κ3) is 4.53. The van der Waals surface area contributed by atoms with Crippen molar-refractivity contribution in [3.8, 4) is 5.75 Å². The summed E-state index contributed by atoms with van der Waals surface area (Å²) in [6.45, 7) is 0.563. The van der Waals surface area contributed by atoms with Crippen LogP contribution in [-0.2, 0) is 6.18 Å². The highest BCUT2D eigenvalue weighted by Crippen LogP contribution is 2.34. The molecule has 1 aliphatic rings. The SMILES string of the molecule is COc1ccc(NC(=O)N2CCCC[C@@H]2c2ccc(C(F)(F)F)cc2)cc1. The van der Waals surface area contributed by atoms with Crippen molar-refractivity contribution in [2.45, 2.75) is 31.5 Å². The predicted molar refractivity (Wildman–Crippen MR) is 96.8 cm³/mol. The number of likely N-dealkylation sites (tertiary alicyclic amines) is 1. The van der Waals surface area contributed by atoms with Crippen molar-refractivity contribution in [1.29, 1.82) is 0 Å². The van der Waals surface area contributed by atoms with Gasteiger partial charge in [-0.15, -0.1) is 0 Å². The van der Waals surface area contributed by atoms with Gasteiger partial charge in [-0.05, 0) is 61.2 Å². The molecule has 4 nitrogen and oxygen atoms in total. The molecule has 1 saturated heterocycles. The van der Waals surface area contributed by atoms with Crippen LogP contribution in [0.25, 0.3) is 0 Å². The maximum Gasteiger partial charge on any atom is 0.416 e. The molecule has 0 saturated carbocycles. The molecule has 0 aliphatic carbocycles. The lowest BCUT2D eigenvalue weighted by molar-refractivity contribution is -0.137. The number of halogens is 3. The number of rotatable bonds is 3. The molecule has 0 unspecified atom stereocenters. The Kier molecular flexibility index (Phi) is 5.58. The van der Waals surface area contributed by atoms with Gasteiger partial charge in [0.05, 0.1) is 18.7 Å². The number of benzene rings is 2. The Morgan fingerprint density at radius 1 is 1.07 bits per heavy atom. The van der Waals surface area contributed by atoms with Gasteiger partial charge >= 0.3 is 12.2 Å². The summed E-state index contributed by atoms with van der Waals surface area (Å²) in [6, 6.07) is 11.6. The van der Waals surface area contributed by atoms with Gasteiger partial charge in [-0.25, -0.2) is 4.79 Å². The normalized spacial score (nSPS) is 17.5. The zero-order valence-corrected chi connectivity index (χ0v) is 14.9. The van der Waals surface area contributed by atoms with Crippen molar-refractivity contribution in [3.63, 3.8) is 0 Å². The number of hydrogen-bond donors (Lipinski definition) is 1. The standard InChI is InChI=1S/C20H21F3N2O2/c1-27-17-11-9-16(10-12-17)24-19(26)25-13-3-2-4-18(25)14-5-7-15(8-6-14)20(21,22)23/h5-12,18H,2-4,13H2,1H3,(H,24,26)/t18-/m1/s1. The molecular weight excluding hydrogens is 357 g/mol. The van der Waals surface area contributed by atoms with E-state index in [0.717, 1.165) is 31.4 Å². The number of nitrogens with zero attached hydrogens (tertiary/aromatic N) is 1. The zero-order chi connectivity index (χ0) is 19.4. The molecule has 144 valence electrons. The molecule has 2 amide bonds. The maximum absolute atomic E-state index is 12.8. The first-order chi connectivity index (χ1) is 12.9. The van der Waals surface area contributed by atoms with Crippen LogP contribution in [0.3, 0.4) is 0 Å². The molecule has 7 heteroatoms. The fourth-order valence-corrected chi connectivity index (χ4v) is 3.29. The van der Waals surface area contributed by atoms with Crippen LogP contribution >= 0.6 is 0 Å². The first-order valence-electron chi connectivity index (χ1n) is 8.77. The number of urea groups is 1. The minimum atomic E-state index is -4.36. The molecule has 2 aromatic rings. The van der Waals surface area contributed by atoms with Gasteiger partial charge in [-0.3, -0.25) is 0 Å². The molecule has 3 rings (SSSR count). The molecule has 1 fully saturated rings. The molecule has 1 heterocycles. The highest BCUT2D eigenvalue weighted by Gasteiger charge is 2.32. The number of alkyl halides is 3. The van der Waals surface area contributed by atoms with Crippen LogP contribution in [0.2, 0.25) is 0 Å². The summed E-state index contributed by atoms with van der Waals surface area (Å²) >= 11 is 0. The summed E-state index contributed by atoms with van der Waals surface area (Å²) in [4.78, 5) is 14.4. The second-order valence-electron chi connectivity index (χ2n) is 6.48. The number of ether oxygens (including phenoxy) is 1. The Balaban J connectivity index is 1.75. The third-order valence-electron chi connectivity index (χ3n) is 4.73. The highest BCUT2D eigenvalue weighted by atomic mass is 19.4. The molecule has 0 aromatic heterocycles. The van der Waals surface area contributed by atoms with E-state index in [1.165, 1.54) is 12.1 Å². The lowest BCUT2D eigenvalue weighted by Gasteiger charge is -2.36. The Hall–Kier alpha value is -2.70. The Labute approximate surface area is 155 Å². The van der Waals surface area contributed by atoms with Crippen molar-refractivity contribution in [2.75, 3.05) is 19.0 Å². The summed E-state index contributed by atoms with van der Waals surface area (Å²) in [5.41, 5.74) is 0.668. The van der Waals surface area contributed by atoms with Crippen LogP contribution in [0.15, 0.2) is 48.5 Å². The second-order valence-corrected chi connectivity index (χ2v) is 6.48. The van der Waals surface area contributed by atoms with E-state index in [4.69, 9.17) is 4.74 Å². The molecule has 0 spiro atoms. The highest BCUT2D eigenvalue weighted by molar-refractivity contribution is 5.89. The summed E-state index contributed by atoms with van der Waals surface area (Å²) in [5, 5.41) is 2.85. The minimum Gasteiger partial charge on any atom is -0.497 e. The van der Waals surface area contributed by atoms with Gasteiger partial charge in [-0.1, -0.05) is 12.1 Å². The lowest BCUT2D eigenvalue weighted by atomic mass is 9.95. The van der Waals surface area contributed by atoms with E-state index in [1.807, 2.05) is 0 Å². The maximum atomic E-state index is 12.8. The van der Waals surface area contributed by atoms with E-state index in [9.17, 15) is 18.0 Å². The van der Waals surface area contributed by atoms with Gasteiger partial charge < -0.3 is 15.0 Å². The van der Waals surface area contributed by atoms with Crippen molar-refractivity contribution in [2.24, 2.45) is 0 Å². The summed E-state index contributed by atoms with van der Waals surface area (Å²) < 4.78 is 43.4. The Morgan fingerprint density at radius 3 is 2.33 bits per heavy atom. The topological polar surface area (TPSA) is 41.6 Å². The Bertz CT molecular complexity index is 773. The molecular formula is C20H21F3N2O2. The number of methoxy groups -OCH3 is 1. The average molecular weight is 378 g/mol. The zero-order valence-electron chi connectivity index (χ0n) is 14.9. The van der Waals surface area contributed by atoms with Crippen molar-refractivity contribution < 1.29 is 22.7 Å². The molecule has 1 N–H and O–H groups in total. The van der Waals surface area contributed by atoms with E-state index in [1.54, 1.807) is 36.3 Å². The van der Waals surface area contributed by atoms with Crippen LogP contribution in [0.5, 0.6) is 5.75 Å². The lowest BCUT2D eigenvalue weighted by Crippen LogP contribution is -2.41. The molecule has 1 atom stereocenters. The largest absolute Gasteiger partial charge is 0.497 e. The average Bonchev–Trinajstić information content (AvgIpc) is 2.68. The van der Waals surface area contributed by atoms with E-state index in [-0.39, 0.29) is 12.1 Å². The summed E-state index contributed by atoms with van der Waals surface area (Å²) in [5.74, 6) is 0.689. The molecule has 0 bridgehead atoms. The van der Waals surface area contributed by atoms with Gasteiger partial charge in [0.15, 0.2) is 0 Å². The van der Waals surface area contributed by atoms with E-state index in [0.29, 0.717) is 23.5 Å². The number of nitrogens with one attached hydrogen (secondary N) is 1. The van der Waals surface area contributed by atoms with Crippen molar-refractivity contribution in [1.82, 2.24) is 4.90 Å². The van der Waals surface area contributed by atoms with E-state index >= 15 is 0 Å². The first-order valence-corrected chi connectivity index (χ1v) is 8.77. The van der Waals surface area contributed by atoms with Gasteiger partial charge in [-0.2, -0.15) is 13.2 Å². The monoisotopic (exact) mass is 378 g/mol. The molecule has 2 aromatic carbocycles. The number of hydrogen-bond acceptors (Lipinski definition) is 2. The Morgan fingerprint density at radius 2 is 1.74 bits per heavy atom.